The quantitative estimate of drug-likeness (QED) is 0.317. The van der Waals surface area contributed by atoms with Crippen LogP contribution < -0.4 is 4.74 Å². The Morgan fingerprint density at radius 1 is 0.903 bits per heavy atom. The summed E-state index contributed by atoms with van der Waals surface area (Å²) in [5.74, 6) is -0.893. The molecule has 0 amide bonds. The van der Waals surface area contributed by atoms with Crippen LogP contribution in [0.4, 0.5) is 13.2 Å². The summed E-state index contributed by atoms with van der Waals surface area (Å²) < 4.78 is 47.7. The molecule has 0 spiro atoms. The predicted molar refractivity (Wildman–Crippen MR) is 115 cm³/mol. The molecule has 0 saturated carbocycles. The molecule has 0 radical (unpaired) electrons. The van der Waals surface area contributed by atoms with E-state index in [-0.39, 0.29) is 12.2 Å². The molecule has 4 aromatic rings. The average Bonchev–Trinajstić information content (AvgIpc) is 2.77. The molecule has 7 heteroatoms. The van der Waals surface area contributed by atoms with Crippen molar-refractivity contribution in [3.63, 3.8) is 0 Å². The molecular formula is C24H18ClF3N2O. The summed E-state index contributed by atoms with van der Waals surface area (Å²) in [7, 11) is 0. The van der Waals surface area contributed by atoms with E-state index in [0.29, 0.717) is 46.5 Å². The van der Waals surface area contributed by atoms with Gasteiger partial charge in [-0.15, -0.1) is 0 Å². The van der Waals surface area contributed by atoms with Crippen molar-refractivity contribution >= 4 is 22.4 Å². The lowest BCUT2D eigenvalue weighted by Gasteiger charge is -2.09. The summed E-state index contributed by atoms with van der Waals surface area (Å²) in [6, 6.07) is 11.1. The smallest absolute Gasteiger partial charge is 0.159 e. The van der Waals surface area contributed by atoms with Crippen LogP contribution in [0.3, 0.4) is 0 Å². The van der Waals surface area contributed by atoms with E-state index >= 15 is 4.39 Å². The Morgan fingerprint density at radius 3 is 2.29 bits per heavy atom. The second-order valence-corrected chi connectivity index (χ2v) is 7.40. The van der Waals surface area contributed by atoms with E-state index in [1.54, 1.807) is 30.6 Å². The van der Waals surface area contributed by atoms with Gasteiger partial charge in [-0.05, 0) is 54.5 Å². The molecular weight excluding hydrogens is 425 g/mol. The van der Waals surface area contributed by atoms with Crippen LogP contribution in [0.2, 0.25) is 5.02 Å². The molecule has 1 heterocycles. The Morgan fingerprint density at radius 2 is 1.61 bits per heavy atom. The van der Waals surface area contributed by atoms with E-state index in [1.807, 2.05) is 19.1 Å². The van der Waals surface area contributed by atoms with Crippen LogP contribution in [0.15, 0.2) is 54.9 Å². The van der Waals surface area contributed by atoms with Crippen molar-refractivity contribution in [3.05, 3.63) is 88.5 Å². The molecule has 4 rings (SSSR count). The van der Waals surface area contributed by atoms with Crippen LogP contribution in [0.1, 0.15) is 18.1 Å². The molecule has 0 N–H and O–H groups in total. The van der Waals surface area contributed by atoms with Gasteiger partial charge in [0.2, 0.25) is 0 Å². The maximum absolute atomic E-state index is 15.0. The van der Waals surface area contributed by atoms with E-state index in [1.165, 1.54) is 12.1 Å². The molecule has 0 saturated heterocycles. The number of fused-ring (bicyclic) bond motifs is 1. The summed E-state index contributed by atoms with van der Waals surface area (Å²) in [5, 5.41) is 0.633. The summed E-state index contributed by atoms with van der Waals surface area (Å²) in [6.45, 7) is 2.41. The normalized spacial score (nSPS) is 11.1. The first-order valence-electron chi connectivity index (χ1n) is 9.76. The highest BCUT2D eigenvalue weighted by molar-refractivity contribution is 6.30. The van der Waals surface area contributed by atoms with Gasteiger partial charge >= 0.3 is 0 Å². The van der Waals surface area contributed by atoms with Crippen LogP contribution in [0, 0.1) is 17.5 Å². The van der Waals surface area contributed by atoms with E-state index in [4.69, 9.17) is 16.3 Å². The van der Waals surface area contributed by atoms with Crippen LogP contribution in [-0.2, 0) is 12.8 Å². The first-order chi connectivity index (χ1) is 15.0. The molecule has 0 unspecified atom stereocenters. The number of benzene rings is 3. The highest BCUT2D eigenvalue weighted by Gasteiger charge is 2.12. The van der Waals surface area contributed by atoms with Gasteiger partial charge in [-0.3, -0.25) is 0 Å². The van der Waals surface area contributed by atoms with Gasteiger partial charge in [-0.1, -0.05) is 35.9 Å². The fourth-order valence-corrected chi connectivity index (χ4v) is 3.52. The lowest BCUT2D eigenvalue weighted by atomic mass is 9.99. The lowest BCUT2D eigenvalue weighted by Crippen LogP contribution is -1.98. The maximum atomic E-state index is 15.0. The molecule has 0 aliphatic carbocycles. The van der Waals surface area contributed by atoms with Gasteiger partial charge in [0.15, 0.2) is 11.6 Å². The van der Waals surface area contributed by atoms with E-state index in [0.717, 1.165) is 5.56 Å². The molecule has 0 bridgehead atoms. The Kier molecular flexibility index (Phi) is 6.09. The minimum atomic E-state index is -0.820. The first-order valence-corrected chi connectivity index (χ1v) is 10.1. The molecule has 31 heavy (non-hydrogen) atoms. The maximum Gasteiger partial charge on any atom is 0.159 e. The Bertz CT molecular complexity index is 1220. The fourth-order valence-electron chi connectivity index (χ4n) is 3.41. The third-order valence-corrected chi connectivity index (χ3v) is 5.32. The van der Waals surface area contributed by atoms with Gasteiger partial charge < -0.3 is 4.74 Å². The molecule has 3 aromatic carbocycles. The minimum Gasteiger partial charge on any atom is -0.491 e. The van der Waals surface area contributed by atoms with Crippen LogP contribution >= 0.6 is 11.6 Å². The van der Waals surface area contributed by atoms with Gasteiger partial charge in [-0.25, -0.2) is 23.1 Å². The lowest BCUT2D eigenvalue weighted by molar-refractivity contribution is 0.337. The van der Waals surface area contributed by atoms with Gasteiger partial charge in [0.05, 0.1) is 19.0 Å². The Balaban J connectivity index is 1.57. The van der Waals surface area contributed by atoms with Crippen molar-refractivity contribution in [1.82, 2.24) is 9.97 Å². The number of aromatic nitrogens is 2. The van der Waals surface area contributed by atoms with Gasteiger partial charge in [0.1, 0.15) is 22.5 Å². The molecule has 0 aliphatic heterocycles. The van der Waals surface area contributed by atoms with E-state index < -0.39 is 16.7 Å². The van der Waals surface area contributed by atoms with Gasteiger partial charge in [-0.2, -0.15) is 0 Å². The van der Waals surface area contributed by atoms with Crippen molar-refractivity contribution in [1.29, 1.82) is 0 Å². The van der Waals surface area contributed by atoms with E-state index in [9.17, 15) is 8.78 Å². The van der Waals surface area contributed by atoms with E-state index in [2.05, 4.69) is 9.97 Å². The minimum absolute atomic E-state index is 0.283. The molecule has 3 nitrogen and oxygen atoms in total. The monoisotopic (exact) mass is 442 g/mol. The highest BCUT2D eigenvalue weighted by atomic mass is 35.5. The summed E-state index contributed by atoms with van der Waals surface area (Å²) in [5.41, 5.74) is 1.64. The first kappa shape index (κ1) is 21.1. The highest BCUT2D eigenvalue weighted by Crippen LogP contribution is 2.27. The summed E-state index contributed by atoms with van der Waals surface area (Å²) in [6.07, 6.45) is 3.78. The number of hydrogen-bond donors (Lipinski definition) is 0. The molecule has 0 aliphatic rings. The van der Waals surface area contributed by atoms with Gasteiger partial charge in [0, 0.05) is 10.9 Å². The average molecular weight is 443 g/mol. The number of aryl methyl sites for hydroxylation is 2. The van der Waals surface area contributed by atoms with Gasteiger partial charge in [0.25, 0.3) is 0 Å². The second kappa shape index (κ2) is 8.94. The SMILES string of the molecule is CCOc1cnc(-c2ccc3c(F)c(CCc4cc(F)c(Cl)c(F)c4)ccc3c2)nc1. The van der Waals surface area contributed by atoms with Crippen LogP contribution in [0.25, 0.3) is 22.2 Å². The van der Waals surface area contributed by atoms with Crippen molar-refractivity contribution < 1.29 is 17.9 Å². The zero-order valence-electron chi connectivity index (χ0n) is 16.6. The van der Waals surface area contributed by atoms with Crippen LogP contribution in [-0.4, -0.2) is 16.6 Å². The number of nitrogens with zero attached hydrogens (tertiary/aromatic N) is 2. The fraction of sp³-hybridized carbons (Fsp3) is 0.167. The molecule has 1 aromatic heterocycles. The molecule has 158 valence electrons. The zero-order valence-corrected chi connectivity index (χ0v) is 17.4. The van der Waals surface area contributed by atoms with Crippen molar-refractivity contribution in [2.24, 2.45) is 0 Å². The van der Waals surface area contributed by atoms with Crippen molar-refractivity contribution in [3.8, 4) is 17.1 Å². The number of rotatable bonds is 6. The van der Waals surface area contributed by atoms with Crippen LogP contribution in [0.5, 0.6) is 5.75 Å². The molecule has 0 fully saturated rings. The Hall–Kier alpha value is -3.12. The van der Waals surface area contributed by atoms with Crippen molar-refractivity contribution in [2.75, 3.05) is 6.61 Å². The summed E-state index contributed by atoms with van der Waals surface area (Å²) >= 11 is 5.51. The van der Waals surface area contributed by atoms with Crippen molar-refractivity contribution in [2.45, 2.75) is 19.8 Å². The number of halogens is 4. The standard InChI is InChI=1S/C24H18ClF3N2O/c1-2-31-18-12-29-24(30-13-18)17-7-8-19-16(11-17)6-5-15(23(19)28)4-3-14-9-20(26)22(25)21(27)10-14/h5-13H,2-4H2,1H3. The largest absolute Gasteiger partial charge is 0.491 e. The third-order valence-electron chi connectivity index (χ3n) is 4.96. The predicted octanol–water partition coefficient (Wildman–Crippen LogP) is 6.55. The second-order valence-electron chi connectivity index (χ2n) is 7.02. The topological polar surface area (TPSA) is 35.0 Å². The number of ether oxygens (including phenoxy) is 1. The number of hydrogen-bond acceptors (Lipinski definition) is 3. The molecule has 0 atom stereocenters. The summed E-state index contributed by atoms with van der Waals surface area (Å²) in [4.78, 5) is 8.59. The third kappa shape index (κ3) is 4.49. The Labute approximate surface area is 182 Å². The zero-order chi connectivity index (χ0) is 22.0.